The lowest BCUT2D eigenvalue weighted by molar-refractivity contribution is 0.0751. The summed E-state index contributed by atoms with van der Waals surface area (Å²) in [5, 5.41) is 5.88. The van der Waals surface area contributed by atoms with Gasteiger partial charge in [-0.2, -0.15) is 0 Å². The van der Waals surface area contributed by atoms with Crippen molar-refractivity contribution < 1.29 is 9.59 Å². The predicted molar refractivity (Wildman–Crippen MR) is 128 cm³/mol. The van der Waals surface area contributed by atoms with E-state index in [1.165, 1.54) is 11.3 Å². The third kappa shape index (κ3) is 4.87. The van der Waals surface area contributed by atoms with Gasteiger partial charge in [-0.3, -0.25) is 9.59 Å². The van der Waals surface area contributed by atoms with Crippen LogP contribution in [0.3, 0.4) is 0 Å². The van der Waals surface area contributed by atoms with Crippen molar-refractivity contribution in [2.45, 2.75) is 6.92 Å². The largest absolute Gasteiger partial charge is 0.367 e. The molecule has 0 saturated carbocycles. The summed E-state index contributed by atoms with van der Waals surface area (Å²) in [7, 11) is 0. The number of halogens is 2. The standard InChI is InChI=1S/C23H21Cl2N3O2S/c1-15-4-5-16(13-18(15)24)22(29)26-17-6-7-20(19(25)14-17)27-8-10-28(11-9-27)23(30)21-3-2-12-31-21/h2-7,12-14H,8-11H2,1H3,(H,26,29). The summed E-state index contributed by atoms with van der Waals surface area (Å²) < 4.78 is 0. The van der Waals surface area contributed by atoms with Gasteiger partial charge < -0.3 is 15.1 Å². The first-order valence-corrected chi connectivity index (χ1v) is 11.5. The summed E-state index contributed by atoms with van der Waals surface area (Å²) in [6.45, 7) is 4.56. The van der Waals surface area contributed by atoms with Gasteiger partial charge in [-0.25, -0.2) is 0 Å². The summed E-state index contributed by atoms with van der Waals surface area (Å²) in [4.78, 5) is 29.8. The van der Waals surface area contributed by atoms with Crippen molar-refractivity contribution >= 4 is 57.7 Å². The van der Waals surface area contributed by atoms with Gasteiger partial charge >= 0.3 is 0 Å². The molecule has 2 aromatic carbocycles. The molecule has 0 aliphatic carbocycles. The van der Waals surface area contributed by atoms with Crippen LogP contribution in [-0.4, -0.2) is 42.9 Å². The minimum atomic E-state index is -0.244. The number of hydrogen-bond acceptors (Lipinski definition) is 4. The number of amides is 2. The number of carbonyl (C=O) groups excluding carboxylic acids is 2. The van der Waals surface area contributed by atoms with E-state index in [1.54, 1.807) is 18.2 Å². The van der Waals surface area contributed by atoms with Gasteiger partial charge in [0.25, 0.3) is 11.8 Å². The highest BCUT2D eigenvalue weighted by Crippen LogP contribution is 2.30. The van der Waals surface area contributed by atoms with E-state index in [9.17, 15) is 9.59 Å². The van der Waals surface area contributed by atoms with Crippen LogP contribution in [-0.2, 0) is 0 Å². The van der Waals surface area contributed by atoms with E-state index < -0.39 is 0 Å². The normalized spacial score (nSPS) is 13.9. The molecular formula is C23H21Cl2N3O2S. The Morgan fingerprint density at radius 1 is 0.968 bits per heavy atom. The van der Waals surface area contributed by atoms with Crippen LogP contribution in [0, 0.1) is 6.92 Å². The van der Waals surface area contributed by atoms with E-state index in [0.717, 1.165) is 16.1 Å². The fraction of sp³-hybridized carbons (Fsp3) is 0.217. The first kappa shape index (κ1) is 21.7. The highest BCUT2D eigenvalue weighted by molar-refractivity contribution is 7.12. The van der Waals surface area contributed by atoms with Gasteiger partial charge in [0.05, 0.1) is 15.6 Å². The van der Waals surface area contributed by atoms with Gasteiger partial charge in [-0.05, 0) is 54.3 Å². The highest BCUT2D eigenvalue weighted by Gasteiger charge is 2.24. The third-order valence-corrected chi connectivity index (χ3v) is 6.85. The first-order valence-electron chi connectivity index (χ1n) is 9.87. The zero-order chi connectivity index (χ0) is 22.0. The van der Waals surface area contributed by atoms with E-state index in [0.29, 0.717) is 47.5 Å². The number of anilines is 2. The maximum Gasteiger partial charge on any atom is 0.264 e. The number of aryl methyl sites for hydroxylation is 1. The Morgan fingerprint density at radius 2 is 1.74 bits per heavy atom. The lowest BCUT2D eigenvalue weighted by Crippen LogP contribution is -2.48. The van der Waals surface area contributed by atoms with Crippen LogP contribution in [0.15, 0.2) is 53.9 Å². The molecule has 3 aromatic rings. The summed E-state index contributed by atoms with van der Waals surface area (Å²) in [5.41, 5.74) is 2.91. The Hall–Kier alpha value is -2.54. The molecule has 1 aliphatic heterocycles. The summed E-state index contributed by atoms with van der Waals surface area (Å²) in [6.07, 6.45) is 0. The lowest BCUT2D eigenvalue weighted by atomic mass is 10.1. The zero-order valence-electron chi connectivity index (χ0n) is 16.9. The molecule has 0 radical (unpaired) electrons. The molecule has 1 saturated heterocycles. The fourth-order valence-corrected chi connectivity index (χ4v) is 4.66. The average Bonchev–Trinajstić information content (AvgIpc) is 3.30. The van der Waals surface area contributed by atoms with Crippen LogP contribution in [0.5, 0.6) is 0 Å². The molecule has 8 heteroatoms. The molecule has 5 nitrogen and oxygen atoms in total. The van der Waals surface area contributed by atoms with Crippen molar-refractivity contribution in [3.63, 3.8) is 0 Å². The number of nitrogens with zero attached hydrogens (tertiary/aromatic N) is 2. The molecule has 1 fully saturated rings. The quantitative estimate of drug-likeness (QED) is 0.537. The number of nitrogens with one attached hydrogen (secondary N) is 1. The second kappa shape index (κ2) is 9.30. The Morgan fingerprint density at radius 3 is 2.39 bits per heavy atom. The Bertz CT molecular complexity index is 1110. The van der Waals surface area contributed by atoms with Crippen molar-refractivity contribution in [3.8, 4) is 0 Å². The molecular weight excluding hydrogens is 453 g/mol. The first-order chi connectivity index (χ1) is 14.9. The maximum atomic E-state index is 12.5. The summed E-state index contributed by atoms with van der Waals surface area (Å²) in [6, 6.07) is 14.4. The average molecular weight is 474 g/mol. The molecule has 1 N–H and O–H groups in total. The van der Waals surface area contributed by atoms with E-state index in [-0.39, 0.29) is 11.8 Å². The lowest BCUT2D eigenvalue weighted by Gasteiger charge is -2.36. The molecule has 0 unspecified atom stereocenters. The van der Waals surface area contributed by atoms with Crippen LogP contribution >= 0.6 is 34.5 Å². The van der Waals surface area contributed by atoms with Gasteiger partial charge in [0.2, 0.25) is 0 Å². The van der Waals surface area contributed by atoms with Gasteiger partial charge in [0.15, 0.2) is 0 Å². The van der Waals surface area contributed by atoms with Crippen molar-refractivity contribution in [2.24, 2.45) is 0 Å². The van der Waals surface area contributed by atoms with Crippen LogP contribution in [0.25, 0.3) is 0 Å². The number of piperazine rings is 1. The van der Waals surface area contributed by atoms with Crippen LogP contribution in [0.4, 0.5) is 11.4 Å². The van der Waals surface area contributed by atoms with Gasteiger partial charge in [0, 0.05) is 42.5 Å². The van der Waals surface area contributed by atoms with Crippen LogP contribution in [0.1, 0.15) is 25.6 Å². The molecule has 0 bridgehead atoms. The molecule has 0 spiro atoms. The topological polar surface area (TPSA) is 52.7 Å². The number of carbonyl (C=O) groups is 2. The molecule has 1 aliphatic rings. The van der Waals surface area contributed by atoms with Gasteiger partial charge in [0.1, 0.15) is 0 Å². The minimum absolute atomic E-state index is 0.0787. The van der Waals surface area contributed by atoms with E-state index in [2.05, 4.69) is 10.2 Å². The SMILES string of the molecule is Cc1ccc(C(=O)Nc2ccc(N3CCN(C(=O)c4cccs4)CC3)c(Cl)c2)cc1Cl. The van der Waals surface area contributed by atoms with Crippen molar-refractivity contribution in [1.82, 2.24) is 4.90 Å². The fourth-order valence-electron chi connectivity index (χ4n) is 3.48. The van der Waals surface area contributed by atoms with Crippen molar-refractivity contribution in [3.05, 3.63) is 80.0 Å². The van der Waals surface area contributed by atoms with Crippen LogP contribution < -0.4 is 10.2 Å². The second-order valence-electron chi connectivity index (χ2n) is 7.34. The summed E-state index contributed by atoms with van der Waals surface area (Å²) in [5.74, 6) is -0.165. The highest BCUT2D eigenvalue weighted by atomic mass is 35.5. The predicted octanol–water partition coefficient (Wildman–Crippen LogP) is 5.58. The molecule has 1 aromatic heterocycles. The van der Waals surface area contributed by atoms with E-state index in [1.807, 2.05) is 47.5 Å². The smallest absolute Gasteiger partial charge is 0.264 e. The molecule has 4 rings (SSSR count). The van der Waals surface area contributed by atoms with E-state index in [4.69, 9.17) is 23.2 Å². The van der Waals surface area contributed by atoms with Crippen LogP contribution in [0.2, 0.25) is 10.0 Å². The van der Waals surface area contributed by atoms with Gasteiger partial charge in [-0.15, -0.1) is 11.3 Å². The minimum Gasteiger partial charge on any atom is -0.367 e. The van der Waals surface area contributed by atoms with Crippen molar-refractivity contribution in [1.29, 1.82) is 0 Å². The van der Waals surface area contributed by atoms with Crippen molar-refractivity contribution in [2.75, 3.05) is 36.4 Å². The maximum absolute atomic E-state index is 12.5. The zero-order valence-corrected chi connectivity index (χ0v) is 19.2. The molecule has 2 heterocycles. The molecule has 31 heavy (non-hydrogen) atoms. The number of rotatable bonds is 4. The number of hydrogen-bond donors (Lipinski definition) is 1. The number of benzene rings is 2. The van der Waals surface area contributed by atoms with E-state index >= 15 is 0 Å². The third-order valence-electron chi connectivity index (χ3n) is 5.28. The molecule has 160 valence electrons. The Balaban J connectivity index is 1.39. The Labute approximate surface area is 195 Å². The monoisotopic (exact) mass is 473 g/mol. The number of thiophene rings is 1. The van der Waals surface area contributed by atoms with Gasteiger partial charge in [-0.1, -0.05) is 35.3 Å². The summed E-state index contributed by atoms with van der Waals surface area (Å²) >= 11 is 14.1. The Kier molecular flexibility index (Phi) is 6.51. The molecule has 2 amide bonds. The molecule has 0 atom stereocenters. The second-order valence-corrected chi connectivity index (χ2v) is 9.10.